The zero-order valence-electron chi connectivity index (χ0n) is 38.9. The van der Waals surface area contributed by atoms with Gasteiger partial charge in [-0.15, -0.1) is 0 Å². The molecule has 10 atom stereocenters. The molecule has 0 aromatic heterocycles. The highest BCUT2D eigenvalue weighted by molar-refractivity contribution is 5.99. The monoisotopic (exact) mass is 984 g/mol. The third-order valence-corrected chi connectivity index (χ3v) is 11.4. The molecule has 2 aliphatic rings. The van der Waals surface area contributed by atoms with Crippen molar-refractivity contribution in [2.75, 3.05) is 26.2 Å². The lowest BCUT2D eigenvalue weighted by molar-refractivity contribution is -0.147. The van der Waals surface area contributed by atoms with Gasteiger partial charge in [0.2, 0.25) is 53.2 Å². The number of carboxylic acid groups (broad SMARTS) is 4. The molecule has 0 aromatic rings. The van der Waals surface area contributed by atoms with Crippen LogP contribution in [0.3, 0.4) is 0 Å². The Hall–Kier alpha value is -6.97. The summed E-state index contributed by atoms with van der Waals surface area (Å²) in [5, 5.41) is 63.4. The Morgan fingerprint density at radius 2 is 1.12 bits per heavy atom. The molecule has 386 valence electrons. The van der Waals surface area contributed by atoms with Gasteiger partial charge in [-0.3, -0.25) is 57.5 Å². The summed E-state index contributed by atoms with van der Waals surface area (Å²) in [6, 6.07) is -12.1. The number of carbonyl (C=O) groups is 13. The van der Waals surface area contributed by atoms with E-state index in [0.717, 1.165) is 4.90 Å². The maximum Gasteiger partial charge on any atom is 0.326 e. The lowest BCUT2D eigenvalue weighted by atomic mass is 9.97. The van der Waals surface area contributed by atoms with Crippen molar-refractivity contribution < 1.29 is 87.9 Å². The van der Waals surface area contributed by atoms with Gasteiger partial charge in [-0.2, -0.15) is 0 Å². The normalized spacial score (nSPS) is 19.0. The summed E-state index contributed by atoms with van der Waals surface area (Å²) in [4.78, 5) is 167. The Balaban J connectivity index is 2.12. The van der Waals surface area contributed by atoms with Gasteiger partial charge < -0.3 is 78.3 Å². The molecule has 9 amide bonds. The van der Waals surface area contributed by atoms with Crippen LogP contribution in [0.4, 0.5) is 0 Å². The number of nitrogens with two attached hydrogens (primary N) is 1. The second-order valence-electron chi connectivity index (χ2n) is 17.1. The number of likely N-dealkylation sites (tertiary alicyclic amines) is 2. The quantitative estimate of drug-likeness (QED) is 0.0365. The van der Waals surface area contributed by atoms with Crippen LogP contribution in [-0.4, -0.2) is 193 Å². The fourth-order valence-electron chi connectivity index (χ4n) is 7.43. The first-order valence-corrected chi connectivity index (χ1v) is 22.2. The zero-order chi connectivity index (χ0) is 52.4. The maximum atomic E-state index is 13.8. The Kier molecular flexibility index (Phi) is 22.9. The lowest BCUT2D eigenvalue weighted by Crippen LogP contribution is -2.60. The van der Waals surface area contributed by atoms with Crippen LogP contribution >= 0.6 is 0 Å². The first kappa shape index (κ1) is 58.2. The van der Waals surface area contributed by atoms with Crippen LogP contribution < -0.4 is 43.0 Å². The third kappa shape index (κ3) is 17.9. The standard InChI is InChI=1S/C41H64N10O18/c1-6-19(4)32(38(65)44-17-27(54)50-11-7-9-24(50)36(63)43-16-26(53)47-33(20(5)52)39(66)48-31(18(2)3)41(68)69)49-37(64)25-10-8-12-51(25)40(67)23(15-30(59)60)46-35(62)22(14-29(57)58)45-34(61)21(42)13-28(55)56/h18-25,31-33,52H,6-17,42H2,1-5H3,(H,43,63)(H,44,65)(H,45,61)(H,46,62)(H,47,53)(H,48,66)(H,49,64)(H,55,56)(H,57,58)(H,59,60)(H,68,69)/t19-,20+,21-,22-,23-,24-,25-,31-,32-,33-/m0/s1. The minimum Gasteiger partial charge on any atom is -0.481 e. The summed E-state index contributed by atoms with van der Waals surface area (Å²) < 4.78 is 0. The second-order valence-corrected chi connectivity index (χ2v) is 17.1. The van der Waals surface area contributed by atoms with E-state index in [-0.39, 0.29) is 32.4 Å². The van der Waals surface area contributed by atoms with Crippen LogP contribution in [0, 0.1) is 11.8 Å². The highest BCUT2D eigenvalue weighted by Crippen LogP contribution is 2.21. The SMILES string of the molecule is CC[C@H](C)[C@H](NC(=O)[C@@H]1CCCN1C(=O)[C@H](CC(=O)O)NC(=O)[C@H](CC(=O)O)NC(=O)[C@@H](N)CC(=O)O)C(=O)NCC(=O)N1CCC[C@H]1C(=O)NCC(=O)N[C@H](C(=O)N[C@H](C(=O)O)C(C)C)[C@@H](C)O. The molecule has 28 heteroatoms. The Morgan fingerprint density at radius 3 is 1.64 bits per heavy atom. The van der Waals surface area contributed by atoms with Crippen LogP contribution in [0.25, 0.3) is 0 Å². The van der Waals surface area contributed by atoms with E-state index in [1.54, 1.807) is 27.7 Å². The van der Waals surface area contributed by atoms with Crippen molar-refractivity contribution in [1.29, 1.82) is 0 Å². The van der Waals surface area contributed by atoms with Gasteiger partial charge >= 0.3 is 23.9 Å². The van der Waals surface area contributed by atoms with Crippen molar-refractivity contribution in [2.45, 2.75) is 140 Å². The molecular formula is C41H64N10O18. The summed E-state index contributed by atoms with van der Waals surface area (Å²) in [6.45, 7) is 6.27. The highest BCUT2D eigenvalue weighted by atomic mass is 16.4. The van der Waals surface area contributed by atoms with Gasteiger partial charge in [0, 0.05) is 13.1 Å². The first-order chi connectivity index (χ1) is 32.2. The van der Waals surface area contributed by atoms with Gasteiger partial charge in [0.05, 0.1) is 44.5 Å². The number of hydrogen-bond donors (Lipinski definition) is 13. The van der Waals surface area contributed by atoms with Crippen molar-refractivity contribution in [3.05, 3.63) is 0 Å². The molecule has 2 rings (SSSR count). The first-order valence-electron chi connectivity index (χ1n) is 22.2. The Bertz CT molecular complexity index is 1970. The third-order valence-electron chi connectivity index (χ3n) is 11.4. The van der Waals surface area contributed by atoms with Crippen LogP contribution in [-0.2, 0) is 62.3 Å². The van der Waals surface area contributed by atoms with E-state index >= 15 is 0 Å². The van der Waals surface area contributed by atoms with Crippen molar-refractivity contribution in [3.63, 3.8) is 0 Å². The molecule has 0 aliphatic carbocycles. The van der Waals surface area contributed by atoms with E-state index in [4.69, 9.17) is 10.8 Å². The topological polar surface area (TPSA) is 440 Å². The van der Waals surface area contributed by atoms with Crippen molar-refractivity contribution in [2.24, 2.45) is 17.6 Å². The van der Waals surface area contributed by atoms with Gasteiger partial charge in [0.15, 0.2) is 0 Å². The van der Waals surface area contributed by atoms with E-state index in [1.807, 2.05) is 5.32 Å². The number of rotatable bonds is 27. The molecule has 2 saturated heterocycles. The number of aliphatic hydroxyl groups is 1. The number of nitrogens with one attached hydrogen (secondary N) is 7. The lowest BCUT2D eigenvalue weighted by Gasteiger charge is -2.31. The van der Waals surface area contributed by atoms with Gasteiger partial charge in [-0.05, 0) is 44.4 Å². The molecule has 28 nitrogen and oxygen atoms in total. The van der Waals surface area contributed by atoms with Crippen molar-refractivity contribution in [3.8, 4) is 0 Å². The minimum absolute atomic E-state index is 0.0276. The molecule has 0 spiro atoms. The Morgan fingerprint density at radius 1 is 0.580 bits per heavy atom. The maximum absolute atomic E-state index is 13.8. The van der Waals surface area contributed by atoms with Gasteiger partial charge in [-0.25, -0.2) is 4.79 Å². The largest absolute Gasteiger partial charge is 0.481 e. The molecule has 0 unspecified atom stereocenters. The van der Waals surface area contributed by atoms with Crippen molar-refractivity contribution >= 4 is 77.0 Å². The molecule has 14 N–H and O–H groups in total. The van der Waals surface area contributed by atoms with Crippen LogP contribution in [0.15, 0.2) is 0 Å². The second kappa shape index (κ2) is 27.1. The number of nitrogens with zero attached hydrogens (tertiary/aromatic N) is 2. The molecule has 0 saturated carbocycles. The van der Waals surface area contributed by atoms with Crippen LogP contribution in [0.5, 0.6) is 0 Å². The summed E-state index contributed by atoms with van der Waals surface area (Å²) >= 11 is 0. The summed E-state index contributed by atoms with van der Waals surface area (Å²) in [5.74, 6) is -15.7. The number of aliphatic carboxylic acids is 4. The fraction of sp³-hybridized carbons (Fsp3) is 0.683. The molecule has 69 heavy (non-hydrogen) atoms. The van der Waals surface area contributed by atoms with E-state index < -0.39 is 176 Å². The molecule has 2 aliphatic heterocycles. The molecule has 2 heterocycles. The molecule has 0 bridgehead atoms. The fourth-order valence-corrected chi connectivity index (χ4v) is 7.43. The van der Waals surface area contributed by atoms with Gasteiger partial charge in [0.25, 0.3) is 0 Å². The number of carboxylic acids is 4. The number of amides is 9. The highest BCUT2D eigenvalue weighted by Gasteiger charge is 2.42. The summed E-state index contributed by atoms with van der Waals surface area (Å²) in [7, 11) is 0. The predicted octanol–water partition coefficient (Wildman–Crippen LogP) is -5.46. The van der Waals surface area contributed by atoms with Crippen LogP contribution in [0.1, 0.15) is 86.0 Å². The molecule has 0 radical (unpaired) electrons. The van der Waals surface area contributed by atoms with E-state index in [0.29, 0.717) is 12.8 Å². The summed E-state index contributed by atoms with van der Waals surface area (Å²) in [6.07, 6.45) is -3.34. The minimum atomic E-state index is -1.93. The summed E-state index contributed by atoms with van der Waals surface area (Å²) in [5.41, 5.74) is 5.51. The van der Waals surface area contributed by atoms with E-state index in [9.17, 15) is 82.8 Å². The number of hydrogen-bond acceptors (Lipinski definition) is 15. The average molecular weight is 985 g/mol. The number of carbonyl (C=O) groups excluding carboxylic acids is 9. The molecular weight excluding hydrogens is 921 g/mol. The van der Waals surface area contributed by atoms with E-state index in [1.165, 1.54) is 11.8 Å². The number of aliphatic hydroxyl groups excluding tert-OH is 1. The Labute approximate surface area is 395 Å². The smallest absolute Gasteiger partial charge is 0.326 e. The van der Waals surface area contributed by atoms with Gasteiger partial charge in [-0.1, -0.05) is 34.1 Å². The van der Waals surface area contributed by atoms with Crippen LogP contribution in [0.2, 0.25) is 0 Å². The molecule has 2 fully saturated rings. The predicted molar refractivity (Wildman–Crippen MR) is 233 cm³/mol. The van der Waals surface area contributed by atoms with Gasteiger partial charge in [0.1, 0.15) is 42.3 Å². The van der Waals surface area contributed by atoms with Crippen molar-refractivity contribution in [1.82, 2.24) is 47.0 Å². The molecule has 0 aromatic carbocycles. The van der Waals surface area contributed by atoms with E-state index in [2.05, 4.69) is 31.9 Å². The zero-order valence-corrected chi connectivity index (χ0v) is 38.9. The average Bonchev–Trinajstić information content (AvgIpc) is 3.97.